The van der Waals surface area contributed by atoms with Crippen LogP contribution >= 0.6 is 0 Å². The summed E-state index contributed by atoms with van der Waals surface area (Å²) < 4.78 is 0. The minimum Gasteiger partial charge on any atom is -0.341 e. The van der Waals surface area contributed by atoms with Crippen molar-refractivity contribution in [2.45, 2.75) is 25.7 Å². The zero-order valence-corrected chi connectivity index (χ0v) is 13.5. The highest BCUT2D eigenvalue weighted by molar-refractivity contribution is 5.99. The molecule has 1 saturated heterocycles. The predicted molar refractivity (Wildman–Crippen MR) is 94.4 cm³/mol. The number of benzene rings is 1. The third kappa shape index (κ3) is 2.46. The summed E-state index contributed by atoms with van der Waals surface area (Å²) in [4.78, 5) is 11.9. The molecule has 1 aromatic carbocycles. The number of hydrogen-bond donors (Lipinski definition) is 3. The van der Waals surface area contributed by atoms with Crippen LogP contribution in [0.4, 0.5) is 5.95 Å². The van der Waals surface area contributed by atoms with E-state index in [1.165, 1.54) is 17.7 Å². The topological polar surface area (TPSA) is 105 Å². The SMILES string of the molecule is N/N=C(\NN)c1cccc(-c2nc(N3CCC3)nc3c2CCC3)c1. The van der Waals surface area contributed by atoms with Gasteiger partial charge >= 0.3 is 0 Å². The van der Waals surface area contributed by atoms with Crippen LogP contribution in [0, 0.1) is 0 Å². The molecule has 7 heteroatoms. The van der Waals surface area contributed by atoms with E-state index in [1.54, 1.807) is 0 Å². The number of rotatable bonds is 3. The van der Waals surface area contributed by atoms with E-state index in [0.717, 1.165) is 55.1 Å². The second kappa shape index (κ2) is 6.09. The number of aromatic nitrogens is 2. The number of hydrazine groups is 1. The number of nitrogens with one attached hydrogen (secondary N) is 1. The zero-order chi connectivity index (χ0) is 16.5. The lowest BCUT2D eigenvalue weighted by Gasteiger charge is -2.31. The molecule has 2 aliphatic rings. The Hall–Kier alpha value is -2.67. The smallest absolute Gasteiger partial charge is 0.226 e. The fourth-order valence-electron chi connectivity index (χ4n) is 3.32. The second-order valence-electron chi connectivity index (χ2n) is 6.19. The highest BCUT2D eigenvalue weighted by Gasteiger charge is 2.24. The molecule has 7 nitrogen and oxygen atoms in total. The van der Waals surface area contributed by atoms with E-state index >= 15 is 0 Å². The first-order valence-corrected chi connectivity index (χ1v) is 8.30. The van der Waals surface area contributed by atoms with Gasteiger partial charge in [-0.15, -0.1) is 0 Å². The zero-order valence-electron chi connectivity index (χ0n) is 13.5. The molecule has 0 radical (unpaired) electrons. The molecular weight excluding hydrogens is 302 g/mol. The molecule has 1 fully saturated rings. The van der Waals surface area contributed by atoms with Gasteiger partial charge in [-0.2, -0.15) is 5.10 Å². The summed E-state index contributed by atoms with van der Waals surface area (Å²) in [5.41, 5.74) is 7.90. The molecule has 0 saturated carbocycles. The van der Waals surface area contributed by atoms with Crippen molar-refractivity contribution in [1.82, 2.24) is 15.4 Å². The van der Waals surface area contributed by atoms with Crippen LogP contribution in [0.15, 0.2) is 29.4 Å². The van der Waals surface area contributed by atoms with Gasteiger partial charge in [0.15, 0.2) is 5.84 Å². The molecule has 2 heterocycles. The number of hydrogen-bond acceptors (Lipinski definition) is 6. The second-order valence-corrected chi connectivity index (χ2v) is 6.19. The number of hydrazone groups is 1. The van der Waals surface area contributed by atoms with E-state index in [2.05, 4.69) is 21.5 Å². The molecule has 124 valence electrons. The summed E-state index contributed by atoms with van der Waals surface area (Å²) in [5.74, 6) is 12.2. The number of nitrogens with zero attached hydrogens (tertiary/aromatic N) is 4. The molecule has 2 aromatic rings. The van der Waals surface area contributed by atoms with Crippen LogP contribution in [0.5, 0.6) is 0 Å². The van der Waals surface area contributed by atoms with Crippen molar-refractivity contribution in [2.24, 2.45) is 16.8 Å². The Balaban J connectivity index is 1.81. The summed E-state index contributed by atoms with van der Waals surface area (Å²) >= 11 is 0. The van der Waals surface area contributed by atoms with Gasteiger partial charge in [0.05, 0.1) is 5.69 Å². The van der Waals surface area contributed by atoms with Crippen molar-refractivity contribution in [2.75, 3.05) is 18.0 Å². The van der Waals surface area contributed by atoms with Crippen LogP contribution in [-0.4, -0.2) is 28.9 Å². The van der Waals surface area contributed by atoms with Gasteiger partial charge < -0.3 is 16.2 Å². The van der Waals surface area contributed by atoms with Gasteiger partial charge in [0.25, 0.3) is 0 Å². The van der Waals surface area contributed by atoms with E-state index < -0.39 is 0 Å². The number of anilines is 1. The summed E-state index contributed by atoms with van der Waals surface area (Å²) in [6, 6.07) is 7.98. The lowest BCUT2D eigenvalue weighted by molar-refractivity contribution is 0.599. The van der Waals surface area contributed by atoms with E-state index in [4.69, 9.17) is 21.7 Å². The van der Waals surface area contributed by atoms with Crippen molar-refractivity contribution in [3.8, 4) is 11.3 Å². The molecule has 5 N–H and O–H groups in total. The molecule has 1 aliphatic heterocycles. The van der Waals surface area contributed by atoms with Gasteiger partial charge in [-0.1, -0.05) is 18.2 Å². The largest absolute Gasteiger partial charge is 0.341 e. The lowest BCUT2D eigenvalue weighted by Crippen LogP contribution is -2.38. The molecule has 1 aromatic heterocycles. The predicted octanol–water partition coefficient (Wildman–Crippen LogP) is 0.926. The third-order valence-corrected chi connectivity index (χ3v) is 4.74. The molecule has 0 bridgehead atoms. The quantitative estimate of drug-likeness (QED) is 0.336. The van der Waals surface area contributed by atoms with Crippen LogP contribution in [-0.2, 0) is 12.8 Å². The number of nitrogens with two attached hydrogens (primary N) is 2. The van der Waals surface area contributed by atoms with Crippen LogP contribution in [0.2, 0.25) is 0 Å². The monoisotopic (exact) mass is 323 g/mol. The van der Waals surface area contributed by atoms with Crippen molar-refractivity contribution < 1.29 is 0 Å². The van der Waals surface area contributed by atoms with Gasteiger partial charge in [0.2, 0.25) is 5.95 Å². The first-order valence-electron chi connectivity index (χ1n) is 8.30. The van der Waals surface area contributed by atoms with Crippen molar-refractivity contribution >= 4 is 11.8 Å². The fraction of sp³-hybridized carbons (Fsp3) is 0.353. The number of amidine groups is 1. The third-order valence-electron chi connectivity index (χ3n) is 4.74. The minimum absolute atomic E-state index is 0.450. The Morgan fingerprint density at radius 3 is 2.75 bits per heavy atom. The Morgan fingerprint density at radius 1 is 1.17 bits per heavy atom. The Kier molecular flexibility index (Phi) is 3.78. The maximum absolute atomic E-state index is 5.49. The summed E-state index contributed by atoms with van der Waals surface area (Å²) in [6.45, 7) is 2.08. The van der Waals surface area contributed by atoms with E-state index in [9.17, 15) is 0 Å². The number of aryl methyl sites for hydroxylation is 1. The van der Waals surface area contributed by atoms with Gasteiger partial charge in [0, 0.05) is 35.5 Å². The Morgan fingerprint density at radius 2 is 2.04 bits per heavy atom. The molecular formula is C17H21N7. The van der Waals surface area contributed by atoms with Gasteiger partial charge in [0.1, 0.15) is 0 Å². The number of fused-ring (bicyclic) bond motifs is 1. The lowest BCUT2D eigenvalue weighted by atomic mass is 10.0. The van der Waals surface area contributed by atoms with Crippen molar-refractivity contribution in [3.05, 3.63) is 41.1 Å². The molecule has 4 rings (SSSR count). The molecule has 0 amide bonds. The van der Waals surface area contributed by atoms with E-state index in [-0.39, 0.29) is 0 Å². The Bertz CT molecular complexity index is 796. The van der Waals surface area contributed by atoms with E-state index in [0.29, 0.717) is 5.84 Å². The van der Waals surface area contributed by atoms with Crippen LogP contribution in [0.3, 0.4) is 0 Å². The maximum Gasteiger partial charge on any atom is 0.226 e. The summed E-state index contributed by atoms with van der Waals surface area (Å²) in [7, 11) is 0. The molecule has 24 heavy (non-hydrogen) atoms. The summed E-state index contributed by atoms with van der Waals surface area (Å²) in [6.07, 6.45) is 4.41. The first-order chi connectivity index (χ1) is 11.8. The maximum atomic E-state index is 5.49. The first kappa shape index (κ1) is 14.9. The normalized spacial score (nSPS) is 16.7. The van der Waals surface area contributed by atoms with Crippen LogP contribution in [0.25, 0.3) is 11.3 Å². The van der Waals surface area contributed by atoms with Crippen LogP contribution < -0.4 is 22.0 Å². The highest BCUT2D eigenvalue weighted by atomic mass is 15.3. The Labute approximate surface area is 140 Å². The minimum atomic E-state index is 0.450. The van der Waals surface area contributed by atoms with Crippen molar-refractivity contribution in [1.29, 1.82) is 0 Å². The van der Waals surface area contributed by atoms with Gasteiger partial charge in [-0.25, -0.2) is 15.8 Å². The van der Waals surface area contributed by atoms with Crippen LogP contribution in [0.1, 0.15) is 29.7 Å². The van der Waals surface area contributed by atoms with Gasteiger partial charge in [-0.05, 0) is 31.7 Å². The standard InChI is InChI=1S/C17H21N7/c18-22-16(23-19)12-5-1-4-11(10-12)15-13-6-2-7-14(13)20-17(21-15)24-8-3-9-24/h1,4-5,10H,2-3,6-9,18-19H2,(H,22,23). The molecule has 0 unspecified atom stereocenters. The molecule has 0 atom stereocenters. The average Bonchev–Trinajstić information content (AvgIpc) is 3.02. The fourth-order valence-corrected chi connectivity index (χ4v) is 3.32. The molecule has 0 spiro atoms. The summed E-state index contributed by atoms with van der Waals surface area (Å²) in [5, 5.41) is 3.69. The van der Waals surface area contributed by atoms with Crippen molar-refractivity contribution in [3.63, 3.8) is 0 Å². The van der Waals surface area contributed by atoms with Gasteiger partial charge in [-0.3, -0.25) is 0 Å². The van der Waals surface area contributed by atoms with E-state index in [1.807, 2.05) is 18.2 Å². The highest BCUT2D eigenvalue weighted by Crippen LogP contribution is 2.33. The average molecular weight is 323 g/mol. The molecule has 1 aliphatic carbocycles.